The summed E-state index contributed by atoms with van der Waals surface area (Å²) in [5.41, 5.74) is 2.58. The summed E-state index contributed by atoms with van der Waals surface area (Å²) in [7, 11) is 0. The van der Waals surface area contributed by atoms with Crippen molar-refractivity contribution in [2.75, 3.05) is 0 Å². The molecule has 1 saturated carbocycles. The van der Waals surface area contributed by atoms with Gasteiger partial charge in [-0.3, -0.25) is 4.98 Å². The molecular weight excluding hydrogens is 226 g/mol. The SMILES string of the molecule is c1ccc2nc(-c3nncn3C3CC3)cnc2c1. The number of hydrogen-bond acceptors (Lipinski definition) is 4. The summed E-state index contributed by atoms with van der Waals surface area (Å²) < 4.78 is 2.10. The number of benzene rings is 1. The number of aromatic nitrogens is 5. The highest BCUT2D eigenvalue weighted by Gasteiger charge is 2.27. The van der Waals surface area contributed by atoms with E-state index < -0.39 is 0 Å². The standard InChI is InChI=1S/C13H11N5/c1-2-4-11-10(3-1)14-7-12(16-11)13-17-15-8-18(13)9-5-6-9/h1-4,7-9H,5-6H2. The molecule has 18 heavy (non-hydrogen) atoms. The van der Waals surface area contributed by atoms with Crippen LogP contribution in [0.25, 0.3) is 22.6 Å². The second kappa shape index (κ2) is 3.60. The second-order valence-corrected chi connectivity index (χ2v) is 4.54. The normalized spacial score (nSPS) is 15.1. The molecule has 1 fully saturated rings. The van der Waals surface area contributed by atoms with Crippen molar-refractivity contribution in [2.24, 2.45) is 0 Å². The Morgan fingerprint density at radius 3 is 2.78 bits per heavy atom. The third-order valence-electron chi connectivity index (χ3n) is 3.19. The van der Waals surface area contributed by atoms with E-state index in [1.165, 1.54) is 12.8 Å². The second-order valence-electron chi connectivity index (χ2n) is 4.54. The number of hydrogen-bond donors (Lipinski definition) is 0. The number of nitrogens with zero attached hydrogens (tertiary/aromatic N) is 5. The van der Waals surface area contributed by atoms with Crippen molar-refractivity contribution in [1.29, 1.82) is 0 Å². The Morgan fingerprint density at radius 2 is 1.94 bits per heavy atom. The monoisotopic (exact) mass is 237 g/mol. The summed E-state index contributed by atoms with van der Waals surface area (Å²) in [5, 5.41) is 8.15. The highest BCUT2D eigenvalue weighted by atomic mass is 15.3. The first-order valence-corrected chi connectivity index (χ1v) is 6.03. The molecule has 0 aliphatic heterocycles. The van der Waals surface area contributed by atoms with Crippen LogP contribution in [0.1, 0.15) is 18.9 Å². The van der Waals surface area contributed by atoms with Gasteiger partial charge in [-0.25, -0.2) is 4.98 Å². The van der Waals surface area contributed by atoms with E-state index in [0.29, 0.717) is 6.04 Å². The molecule has 0 atom stereocenters. The summed E-state index contributed by atoms with van der Waals surface area (Å²) in [6.45, 7) is 0. The van der Waals surface area contributed by atoms with Crippen molar-refractivity contribution in [3.63, 3.8) is 0 Å². The number of para-hydroxylation sites is 2. The van der Waals surface area contributed by atoms with E-state index in [-0.39, 0.29) is 0 Å². The van der Waals surface area contributed by atoms with Crippen LogP contribution < -0.4 is 0 Å². The molecule has 0 amide bonds. The minimum absolute atomic E-state index is 0.545. The van der Waals surface area contributed by atoms with Gasteiger partial charge in [0.2, 0.25) is 0 Å². The third kappa shape index (κ3) is 1.48. The predicted molar refractivity (Wildman–Crippen MR) is 66.8 cm³/mol. The Balaban J connectivity index is 1.88. The van der Waals surface area contributed by atoms with Gasteiger partial charge in [0.05, 0.1) is 17.2 Å². The maximum Gasteiger partial charge on any atom is 0.184 e. The van der Waals surface area contributed by atoms with Crippen LogP contribution >= 0.6 is 0 Å². The van der Waals surface area contributed by atoms with Gasteiger partial charge in [-0.15, -0.1) is 10.2 Å². The molecule has 1 aliphatic rings. The zero-order valence-electron chi connectivity index (χ0n) is 9.69. The first-order valence-electron chi connectivity index (χ1n) is 6.03. The van der Waals surface area contributed by atoms with Crippen LogP contribution in [0.3, 0.4) is 0 Å². The van der Waals surface area contributed by atoms with Gasteiger partial charge in [0.1, 0.15) is 12.0 Å². The van der Waals surface area contributed by atoms with Gasteiger partial charge in [-0.2, -0.15) is 0 Å². The molecule has 88 valence electrons. The van der Waals surface area contributed by atoms with Gasteiger partial charge in [0.15, 0.2) is 5.82 Å². The van der Waals surface area contributed by atoms with Crippen molar-refractivity contribution in [3.8, 4) is 11.5 Å². The molecule has 0 radical (unpaired) electrons. The van der Waals surface area contributed by atoms with E-state index in [1.54, 1.807) is 12.5 Å². The average molecular weight is 237 g/mol. The first kappa shape index (κ1) is 9.70. The Bertz CT molecular complexity index is 714. The van der Waals surface area contributed by atoms with Gasteiger partial charge in [-0.1, -0.05) is 12.1 Å². The molecule has 3 aromatic rings. The Morgan fingerprint density at radius 1 is 1.11 bits per heavy atom. The van der Waals surface area contributed by atoms with Crippen LogP contribution in [0.4, 0.5) is 0 Å². The molecule has 5 heteroatoms. The van der Waals surface area contributed by atoms with Crippen molar-refractivity contribution in [1.82, 2.24) is 24.7 Å². The topological polar surface area (TPSA) is 56.5 Å². The number of fused-ring (bicyclic) bond motifs is 1. The van der Waals surface area contributed by atoms with E-state index in [0.717, 1.165) is 22.6 Å². The molecule has 5 nitrogen and oxygen atoms in total. The summed E-state index contributed by atoms with van der Waals surface area (Å²) in [5.74, 6) is 0.816. The quantitative estimate of drug-likeness (QED) is 0.685. The lowest BCUT2D eigenvalue weighted by Gasteiger charge is -2.04. The lowest BCUT2D eigenvalue weighted by atomic mass is 10.3. The molecule has 2 aromatic heterocycles. The summed E-state index contributed by atoms with van der Waals surface area (Å²) in [6, 6.07) is 8.39. The largest absolute Gasteiger partial charge is 0.309 e. The zero-order valence-corrected chi connectivity index (χ0v) is 9.69. The maximum atomic E-state index is 4.60. The molecular formula is C13H11N5. The van der Waals surface area contributed by atoms with Crippen LogP contribution in [0.2, 0.25) is 0 Å². The van der Waals surface area contributed by atoms with E-state index >= 15 is 0 Å². The fraction of sp³-hybridized carbons (Fsp3) is 0.231. The Hall–Kier alpha value is -2.30. The molecule has 2 heterocycles. The Kier molecular flexibility index (Phi) is 1.94. The summed E-state index contributed by atoms with van der Waals surface area (Å²) in [4.78, 5) is 9.02. The average Bonchev–Trinajstić information content (AvgIpc) is 3.16. The van der Waals surface area contributed by atoms with Crippen LogP contribution in [0, 0.1) is 0 Å². The predicted octanol–water partition coefficient (Wildman–Crippen LogP) is 2.22. The third-order valence-corrected chi connectivity index (χ3v) is 3.19. The van der Waals surface area contributed by atoms with Crippen LogP contribution in [0.5, 0.6) is 0 Å². The molecule has 1 aromatic carbocycles. The molecule has 0 spiro atoms. The fourth-order valence-electron chi connectivity index (χ4n) is 2.11. The molecule has 0 unspecified atom stereocenters. The first-order chi connectivity index (χ1) is 8.92. The van der Waals surface area contributed by atoms with Gasteiger partial charge >= 0.3 is 0 Å². The van der Waals surface area contributed by atoms with Gasteiger partial charge in [0.25, 0.3) is 0 Å². The van der Waals surface area contributed by atoms with Crippen molar-refractivity contribution < 1.29 is 0 Å². The molecule has 0 saturated heterocycles. The van der Waals surface area contributed by atoms with Crippen LogP contribution in [0.15, 0.2) is 36.8 Å². The number of rotatable bonds is 2. The van der Waals surface area contributed by atoms with E-state index in [9.17, 15) is 0 Å². The van der Waals surface area contributed by atoms with E-state index in [2.05, 4.69) is 24.7 Å². The highest BCUT2D eigenvalue weighted by Crippen LogP contribution is 2.37. The van der Waals surface area contributed by atoms with E-state index in [4.69, 9.17) is 0 Å². The lowest BCUT2D eigenvalue weighted by Crippen LogP contribution is -1.98. The molecule has 4 rings (SSSR count). The van der Waals surface area contributed by atoms with Gasteiger partial charge in [0, 0.05) is 6.04 Å². The van der Waals surface area contributed by atoms with E-state index in [1.807, 2.05) is 24.3 Å². The molecule has 0 N–H and O–H groups in total. The van der Waals surface area contributed by atoms with Crippen molar-refractivity contribution in [3.05, 3.63) is 36.8 Å². The zero-order chi connectivity index (χ0) is 11.9. The minimum Gasteiger partial charge on any atom is -0.309 e. The lowest BCUT2D eigenvalue weighted by molar-refractivity contribution is 0.744. The Labute approximate surface area is 104 Å². The van der Waals surface area contributed by atoms with Gasteiger partial charge < -0.3 is 4.57 Å². The molecule has 1 aliphatic carbocycles. The summed E-state index contributed by atoms with van der Waals surface area (Å²) in [6.07, 6.45) is 5.95. The van der Waals surface area contributed by atoms with Crippen molar-refractivity contribution in [2.45, 2.75) is 18.9 Å². The smallest absolute Gasteiger partial charge is 0.184 e. The molecule has 0 bridgehead atoms. The fourth-order valence-corrected chi connectivity index (χ4v) is 2.11. The van der Waals surface area contributed by atoms with Gasteiger partial charge in [-0.05, 0) is 25.0 Å². The summed E-state index contributed by atoms with van der Waals surface area (Å²) >= 11 is 0. The maximum absolute atomic E-state index is 4.60. The minimum atomic E-state index is 0.545. The van der Waals surface area contributed by atoms with Crippen LogP contribution in [-0.2, 0) is 0 Å². The highest BCUT2D eigenvalue weighted by molar-refractivity contribution is 5.75. The van der Waals surface area contributed by atoms with Crippen LogP contribution in [-0.4, -0.2) is 24.7 Å². The van der Waals surface area contributed by atoms with Crippen molar-refractivity contribution >= 4 is 11.0 Å².